The van der Waals surface area contributed by atoms with E-state index >= 15 is 0 Å². The lowest BCUT2D eigenvalue weighted by Gasteiger charge is -2.35. The zero-order valence-corrected chi connectivity index (χ0v) is 13.8. The van der Waals surface area contributed by atoms with Crippen molar-refractivity contribution in [2.75, 3.05) is 33.3 Å². The molecule has 1 heterocycles. The van der Waals surface area contributed by atoms with Crippen LogP contribution in [0.3, 0.4) is 0 Å². The van der Waals surface area contributed by atoms with Crippen LogP contribution in [0.4, 0.5) is 13.2 Å². The normalized spacial score (nSPS) is 17.2. The summed E-state index contributed by atoms with van der Waals surface area (Å²) < 4.78 is 44.3. The first-order valence-corrected chi connectivity index (χ1v) is 7.27. The Bertz CT molecular complexity index is 517. The van der Waals surface area contributed by atoms with E-state index in [-0.39, 0.29) is 24.2 Å². The Morgan fingerprint density at radius 3 is 2.48 bits per heavy atom. The maximum atomic E-state index is 13.1. The van der Waals surface area contributed by atoms with Gasteiger partial charge in [0, 0.05) is 32.2 Å². The Balaban J connectivity index is 0.00000264. The molecule has 0 spiro atoms. The maximum absolute atomic E-state index is 13.1. The van der Waals surface area contributed by atoms with Gasteiger partial charge in [0.2, 0.25) is 0 Å². The highest BCUT2D eigenvalue weighted by Crippen LogP contribution is 2.36. The van der Waals surface area contributed by atoms with E-state index in [0.29, 0.717) is 12.0 Å². The molecule has 23 heavy (non-hydrogen) atoms. The van der Waals surface area contributed by atoms with Gasteiger partial charge in [0.25, 0.3) is 0 Å². The second-order valence-electron chi connectivity index (χ2n) is 5.32. The monoisotopic (exact) mass is 350 g/mol. The SMILES string of the molecule is C=CC[C@@H](c1cc(OC)cc(C(F)(F)F)c1)N1CCNCC1.Cl. The molecule has 0 amide bonds. The van der Waals surface area contributed by atoms with E-state index in [2.05, 4.69) is 16.8 Å². The lowest BCUT2D eigenvalue weighted by molar-refractivity contribution is -0.137. The molecule has 1 fully saturated rings. The van der Waals surface area contributed by atoms with Crippen LogP contribution in [-0.2, 0) is 6.18 Å². The van der Waals surface area contributed by atoms with E-state index < -0.39 is 11.7 Å². The number of nitrogens with one attached hydrogen (secondary N) is 1. The van der Waals surface area contributed by atoms with Crippen LogP contribution in [-0.4, -0.2) is 38.2 Å². The first kappa shape index (κ1) is 19.8. The zero-order chi connectivity index (χ0) is 16.2. The van der Waals surface area contributed by atoms with Crippen LogP contribution in [0.1, 0.15) is 23.6 Å². The average Bonchev–Trinajstić information content (AvgIpc) is 2.52. The number of hydrogen-bond donors (Lipinski definition) is 1. The first-order valence-electron chi connectivity index (χ1n) is 7.27. The Morgan fingerprint density at radius 1 is 1.30 bits per heavy atom. The van der Waals surface area contributed by atoms with Crippen LogP contribution < -0.4 is 10.1 Å². The topological polar surface area (TPSA) is 24.5 Å². The second-order valence-corrected chi connectivity index (χ2v) is 5.32. The van der Waals surface area contributed by atoms with E-state index in [1.165, 1.54) is 13.2 Å². The molecule has 1 aliphatic heterocycles. The molecule has 1 aromatic rings. The Kier molecular flexibility index (Phi) is 7.38. The highest BCUT2D eigenvalue weighted by atomic mass is 35.5. The summed E-state index contributed by atoms with van der Waals surface area (Å²) in [5, 5.41) is 3.25. The first-order chi connectivity index (χ1) is 10.5. The molecule has 0 aliphatic carbocycles. The zero-order valence-electron chi connectivity index (χ0n) is 13.0. The van der Waals surface area contributed by atoms with Crippen molar-refractivity contribution in [2.45, 2.75) is 18.6 Å². The number of hydrogen-bond acceptors (Lipinski definition) is 3. The maximum Gasteiger partial charge on any atom is 0.416 e. The fraction of sp³-hybridized carbons (Fsp3) is 0.500. The number of alkyl halides is 3. The van der Waals surface area contributed by atoms with Gasteiger partial charge < -0.3 is 10.1 Å². The number of benzene rings is 1. The molecule has 1 aromatic carbocycles. The van der Waals surface area contributed by atoms with Gasteiger partial charge in [-0.2, -0.15) is 13.2 Å². The van der Waals surface area contributed by atoms with E-state index in [9.17, 15) is 13.2 Å². The smallest absolute Gasteiger partial charge is 0.416 e. The van der Waals surface area contributed by atoms with E-state index in [1.54, 1.807) is 12.1 Å². The summed E-state index contributed by atoms with van der Waals surface area (Å²) in [4.78, 5) is 2.19. The van der Waals surface area contributed by atoms with Crippen LogP contribution in [0.5, 0.6) is 5.75 Å². The lowest BCUT2D eigenvalue weighted by Crippen LogP contribution is -2.45. The summed E-state index contributed by atoms with van der Waals surface area (Å²) in [6, 6.07) is 3.83. The molecule has 0 unspecified atom stereocenters. The molecule has 1 aliphatic rings. The van der Waals surface area contributed by atoms with Gasteiger partial charge in [-0.3, -0.25) is 4.90 Å². The summed E-state index contributed by atoms with van der Waals surface area (Å²) in [5.41, 5.74) is -0.0560. The number of rotatable bonds is 5. The molecule has 1 saturated heterocycles. The summed E-state index contributed by atoms with van der Waals surface area (Å²) in [6.45, 7) is 7.02. The van der Waals surface area contributed by atoms with Crippen molar-refractivity contribution in [3.8, 4) is 5.75 Å². The minimum absolute atomic E-state index is 0. The van der Waals surface area contributed by atoms with Crippen LogP contribution >= 0.6 is 12.4 Å². The predicted octanol–water partition coefficient (Wildman–Crippen LogP) is 3.66. The molecular formula is C16H22ClF3N2O. The van der Waals surface area contributed by atoms with Crippen LogP contribution in [0.2, 0.25) is 0 Å². The summed E-state index contributed by atoms with van der Waals surface area (Å²) >= 11 is 0. The van der Waals surface area contributed by atoms with E-state index in [0.717, 1.165) is 32.2 Å². The van der Waals surface area contributed by atoms with Crippen LogP contribution in [0.25, 0.3) is 0 Å². The van der Waals surface area contributed by atoms with Crippen molar-refractivity contribution in [2.24, 2.45) is 0 Å². The Morgan fingerprint density at radius 2 is 1.96 bits per heavy atom. The van der Waals surface area contributed by atoms with Gasteiger partial charge in [0.15, 0.2) is 0 Å². The van der Waals surface area contributed by atoms with Crippen molar-refractivity contribution in [1.82, 2.24) is 10.2 Å². The number of halogens is 4. The molecule has 0 bridgehead atoms. The number of ether oxygens (including phenoxy) is 1. The van der Waals surface area contributed by atoms with Gasteiger partial charge in [-0.05, 0) is 30.2 Å². The average molecular weight is 351 g/mol. The Hall–Kier alpha value is -1.24. The minimum Gasteiger partial charge on any atom is -0.497 e. The largest absolute Gasteiger partial charge is 0.497 e. The second kappa shape index (κ2) is 8.57. The molecule has 1 N–H and O–H groups in total. The van der Waals surface area contributed by atoms with Gasteiger partial charge >= 0.3 is 6.18 Å². The minimum atomic E-state index is -4.38. The molecule has 1 atom stereocenters. The molecule has 0 radical (unpaired) electrons. The van der Waals surface area contributed by atoms with Gasteiger partial charge in [-0.1, -0.05) is 6.08 Å². The lowest BCUT2D eigenvalue weighted by atomic mass is 9.98. The van der Waals surface area contributed by atoms with Gasteiger partial charge in [0.1, 0.15) is 5.75 Å². The highest BCUT2D eigenvalue weighted by molar-refractivity contribution is 5.85. The van der Waals surface area contributed by atoms with Crippen molar-refractivity contribution < 1.29 is 17.9 Å². The molecule has 2 rings (SSSR count). The van der Waals surface area contributed by atoms with E-state index in [4.69, 9.17) is 4.74 Å². The molecule has 7 heteroatoms. The van der Waals surface area contributed by atoms with Crippen LogP contribution in [0, 0.1) is 0 Å². The van der Waals surface area contributed by atoms with Crippen molar-refractivity contribution in [3.05, 3.63) is 42.0 Å². The third kappa shape index (κ3) is 5.12. The third-order valence-electron chi connectivity index (χ3n) is 3.86. The molecule has 130 valence electrons. The van der Waals surface area contributed by atoms with E-state index in [1.807, 2.05) is 0 Å². The number of nitrogens with zero attached hydrogens (tertiary/aromatic N) is 1. The fourth-order valence-corrected chi connectivity index (χ4v) is 2.74. The quantitative estimate of drug-likeness (QED) is 0.820. The van der Waals surface area contributed by atoms with Crippen molar-refractivity contribution in [1.29, 1.82) is 0 Å². The fourth-order valence-electron chi connectivity index (χ4n) is 2.74. The Labute approximate surface area is 140 Å². The van der Waals surface area contributed by atoms with Gasteiger partial charge in [-0.25, -0.2) is 0 Å². The van der Waals surface area contributed by atoms with Crippen molar-refractivity contribution >= 4 is 12.4 Å². The van der Waals surface area contributed by atoms with Crippen LogP contribution in [0.15, 0.2) is 30.9 Å². The predicted molar refractivity (Wildman–Crippen MR) is 87.2 cm³/mol. The standard InChI is InChI=1S/C16H21F3N2O.ClH/c1-3-4-15(21-7-5-20-6-8-21)12-9-13(16(17,18)19)11-14(10-12)22-2;/h3,9-11,15,20H,1,4-8H2,2H3;1H/t15-;/m0./s1. The molecular weight excluding hydrogens is 329 g/mol. The summed E-state index contributed by atoms with van der Waals surface area (Å²) in [7, 11) is 1.38. The molecule has 0 aromatic heterocycles. The van der Waals surface area contributed by atoms with Crippen molar-refractivity contribution in [3.63, 3.8) is 0 Å². The highest BCUT2D eigenvalue weighted by Gasteiger charge is 2.32. The van der Waals surface area contributed by atoms with Gasteiger partial charge in [0.05, 0.1) is 12.7 Å². The summed E-state index contributed by atoms with van der Waals surface area (Å²) in [5.74, 6) is 0.231. The number of piperazine rings is 1. The molecule has 0 saturated carbocycles. The van der Waals surface area contributed by atoms with Gasteiger partial charge in [-0.15, -0.1) is 19.0 Å². The third-order valence-corrected chi connectivity index (χ3v) is 3.86. The number of methoxy groups -OCH3 is 1. The summed E-state index contributed by atoms with van der Waals surface area (Å²) in [6.07, 6.45) is -2.03. The molecule has 3 nitrogen and oxygen atoms in total.